The van der Waals surface area contributed by atoms with Crippen LogP contribution < -0.4 is 0 Å². The number of nitrogens with zero attached hydrogens (tertiary/aromatic N) is 3. The first-order valence-electron chi connectivity index (χ1n) is 6.51. The van der Waals surface area contributed by atoms with Gasteiger partial charge in [0.15, 0.2) is 9.84 Å². The second-order valence-corrected chi connectivity index (χ2v) is 7.65. The molecule has 23 heavy (non-hydrogen) atoms. The number of halogens is 2. The van der Waals surface area contributed by atoms with E-state index in [0.29, 0.717) is 16.1 Å². The van der Waals surface area contributed by atoms with Crippen molar-refractivity contribution >= 4 is 25.8 Å². The van der Waals surface area contributed by atoms with Gasteiger partial charge < -0.3 is 0 Å². The van der Waals surface area contributed by atoms with Crippen molar-refractivity contribution in [2.24, 2.45) is 0 Å². The molecule has 0 radical (unpaired) electrons. The molecule has 3 rings (SSSR count). The fraction of sp³-hybridized carbons (Fsp3) is 0.0667. The van der Waals surface area contributed by atoms with E-state index in [1.54, 1.807) is 29.1 Å². The van der Waals surface area contributed by atoms with Crippen LogP contribution in [0, 0.1) is 5.82 Å². The normalized spacial score (nSPS) is 11.6. The summed E-state index contributed by atoms with van der Waals surface area (Å²) in [6.45, 7) is 0. The topological polar surface area (TPSA) is 64.8 Å². The first-order valence-corrected chi connectivity index (χ1v) is 9.20. The van der Waals surface area contributed by atoms with Crippen molar-refractivity contribution in [1.82, 2.24) is 14.5 Å². The van der Waals surface area contributed by atoms with E-state index in [4.69, 9.17) is 0 Å². The van der Waals surface area contributed by atoms with E-state index in [1.807, 2.05) is 0 Å². The van der Waals surface area contributed by atoms with Crippen LogP contribution in [0.5, 0.6) is 0 Å². The van der Waals surface area contributed by atoms with Crippen molar-refractivity contribution < 1.29 is 12.8 Å². The monoisotopic (exact) mass is 395 g/mol. The van der Waals surface area contributed by atoms with Crippen molar-refractivity contribution in [3.8, 4) is 17.1 Å². The molecule has 1 aromatic carbocycles. The molecule has 0 fully saturated rings. The Morgan fingerprint density at radius 3 is 2.35 bits per heavy atom. The molecule has 0 aliphatic rings. The van der Waals surface area contributed by atoms with E-state index in [2.05, 4.69) is 25.9 Å². The summed E-state index contributed by atoms with van der Waals surface area (Å²) in [4.78, 5) is 8.51. The summed E-state index contributed by atoms with van der Waals surface area (Å²) in [6.07, 6.45) is 3.99. The summed E-state index contributed by atoms with van der Waals surface area (Å²) in [5.41, 5.74) is 1.45. The van der Waals surface area contributed by atoms with Gasteiger partial charge in [-0.3, -0.25) is 4.57 Å². The summed E-state index contributed by atoms with van der Waals surface area (Å²) in [7, 11) is -3.30. The predicted octanol–water partition coefficient (Wildman–Crippen LogP) is 3.24. The van der Waals surface area contributed by atoms with Crippen LogP contribution in [0.15, 0.2) is 58.4 Å². The number of rotatable bonds is 3. The van der Waals surface area contributed by atoms with Gasteiger partial charge in [0.25, 0.3) is 0 Å². The van der Waals surface area contributed by atoms with Crippen LogP contribution in [0.1, 0.15) is 0 Å². The largest absolute Gasteiger partial charge is 0.282 e. The molecule has 2 heterocycles. The second-order valence-electron chi connectivity index (χ2n) is 4.89. The third-order valence-corrected chi connectivity index (χ3v) is 4.91. The molecule has 0 aliphatic heterocycles. The minimum atomic E-state index is -3.30. The number of sulfone groups is 1. The Balaban J connectivity index is 2.10. The average molecular weight is 396 g/mol. The van der Waals surface area contributed by atoms with Gasteiger partial charge in [-0.05, 0) is 52.3 Å². The number of imidazole rings is 1. The molecule has 8 heteroatoms. The van der Waals surface area contributed by atoms with Gasteiger partial charge in [0, 0.05) is 18.0 Å². The molecule has 0 amide bonds. The zero-order chi connectivity index (χ0) is 16.6. The lowest BCUT2D eigenvalue weighted by atomic mass is 10.1. The van der Waals surface area contributed by atoms with Crippen molar-refractivity contribution in [1.29, 1.82) is 0 Å². The Morgan fingerprint density at radius 2 is 1.78 bits per heavy atom. The van der Waals surface area contributed by atoms with Gasteiger partial charge in [-0.1, -0.05) is 0 Å². The number of aromatic nitrogens is 3. The fourth-order valence-electron chi connectivity index (χ4n) is 2.10. The standard InChI is InChI=1S/C15H11BrFN3O2S/c1-23(21,22)12-6-7-13(18-8-12)20-9-19-15(16)14(20)10-2-4-11(17)5-3-10/h2-9H,1H3. The maximum Gasteiger partial charge on any atom is 0.177 e. The van der Waals surface area contributed by atoms with Gasteiger partial charge in [0.05, 0.1) is 10.6 Å². The Hall–Kier alpha value is -2.06. The first-order chi connectivity index (χ1) is 10.9. The van der Waals surface area contributed by atoms with Crippen LogP contribution in [-0.4, -0.2) is 29.2 Å². The highest BCUT2D eigenvalue weighted by Crippen LogP contribution is 2.29. The molecule has 0 aliphatic carbocycles. The maximum absolute atomic E-state index is 13.1. The van der Waals surface area contributed by atoms with Crippen LogP contribution >= 0.6 is 15.9 Å². The van der Waals surface area contributed by atoms with Gasteiger partial charge in [-0.25, -0.2) is 22.8 Å². The zero-order valence-electron chi connectivity index (χ0n) is 11.9. The van der Waals surface area contributed by atoms with Gasteiger partial charge in [0.1, 0.15) is 22.6 Å². The second kappa shape index (κ2) is 5.86. The van der Waals surface area contributed by atoms with Crippen molar-refractivity contribution in [3.05, 3.63) is 59.3 Å². The molecule has 0 saturated carbocycles. The molecule has 0 atom stereocenters. The third kappa shape index (κ3) is 3.18. The van der Waals surface area contributed by atoms with Crippen LogP contribution in [0.4, 0.5) is 4.39 Å². The smallest absolute Gasteiger partial charge is 0.177 e. The third-order valence-electron chi connectivity index (χ3n) is 3.24. The molecule has 2 aromatic heterocycles. The number of pyridine rings is 1. The molecule has 0 unspecified atom stereocenters. The van der Waals surface area contributed by atoms with Crippen molar-refractivity contribution in [2.45, 2.75) is 4.90 Å². The number of benzene rings is 1. The lowest BCUT2D eigenvalue weighted by Crippen LogP contribution is -2.02. The number of hydrogen-bond donors (Lipinski definition) is 0. The Kier molecular flexibility index (Phi) is 4.03. The molecule has 0 spiro atoms. The van der Waals surface area contributed by atoms with Crippen LogP contribution in [0.25, 0.3) is 17.1 Å². The maximum atomic E-state index is 13.1. The lowest BCUT2D eigenvalue weighted by molar-refractivity contribution is 0.601. The average Bonchev–Trinajstić information content (AvgIpc) is 2.89. The summed E-state index contributed by atoms with van der Waals surface area (Å²) < 4.78 is 38.4. The molecule has 118 valence electrons. The SMILES string of the molecule is CS(=O)(=O)c1ccc(-n2cnc(Br)c2-c2ccc(F)cc2)nc1. The van der Waals surface area contributed by atoms with Crippen LogP contribution in [0.3, 0.4) is 0 Å². The van der Waals surface area contributed by atoms with Crippen LogP contribution in [-0.2, 0) is 9.84 Å². The van der Waals surface area contributed by atoms with Crippen molar-refractivity contribution in [3.63, 3.8) is 0 Å². The molecule has 0 saturated heterocycles. The van der Waals surface area contributed by atoms with Gasteiger partial charge >= 0.3 is 0 Å². The van der Waals surface area contributed by atoms with Gasteiger partial charge in [0.2, 0.25) is 0 Å². The summed E-state index contributed by atoms with van der Waals surface area (Å²) in [5, 5.41) is 0. The molecular weight excluding hydrogens is 385 g/mol. The minimum Gasteiger partial charge on any atom is -0.282 e. The van der Waals surface area contributed by atoms with E-state index < -0.39 is 9.84 Å². The molecular formula is C15H11BrFN3O2S. The van der Waals surface area contributed by atoms with E-state index in [1.165, 1.54) is 24.4 Å². The molecule has 5 nitrogen and oxygen atoms in total. The summed E-state index contributed by atoms with van der Waals surface area (Å²) >= 11 is 3.37. The summed E-state index contributed by atoms with van der Waals surface area (Å²) in [5.74, 6) is 0.182. The predicted molar refractivity (Wildman–Crippen MR) is 87.6 cm³/mol. The van der Waals surface area contributed by atoms with Crippen molar-refractivity contribution in [2.75, 3.05) is 6.26 Å². The summed E-state index contributed by atoms with van der Waals surface area (Å²) in [6, 6.07) is 9.08. The highest BCUT2D eigenvalue weighted by molar-refractivity contribution is 9.10. The van der Waals surface area contributed by atoms with Gasteiger partial charge in [-0.15, -0.1) is 0 Å². The fourth-order valence-corrected chi connectivity index (χ4v) is 3.17. The van der Waals surface area contributed by atoms with Crippen LogP contribution in [0.2, 0.25) is 0 Å². The quantitative estimate of drug-likeness (QED) is 0.682. The highest BCUT2D eigenvalue weighted by Gasteiger charge is 2.14. The van der Waals surface area contributed by atoms with E-state index in [9.17, 15) is 12.8 Å². The Bertz CT molecular complexity index is 951. The first kappa shape index (κ1) is 15.8. The molecule has 0 bridgehead atoms. The molecule has 3 aromatic rings. The Labute approximate surface area is 140 Å². The van der Waals surface area contributed by atoms with E-state index in [0.717, 1.165) is 11.8 Å². The van der Waals surface area contributed by atoms with Gasteiger partial charge in [-0.2, -0.15) is 0 Å². The Morgan fingerprint density at radius 1 is 1.09 bits per heavy atom. The van der Waals surface area contributed by atoms with E-state index >= 15 is 0 Å². The van der Waals surface area contributed by atoms with E-state index in [-0.39, 0.29) is 10.7 Å². The lowest BCUT2D eigenvalue weighted by Gasteiger charge is -2.08. The zero-order valence-corrected chi connectivity index (χ0v) is 14.3. The minimum absolute atomic E-state index is 0.142. The molecule has 0 N–H and O–H groups in total. The highest BCUT2D eigenvalue weighted by atomic mass is 79.9. The number of hydrogen-bond acceptors (Lipinski definition) is 4.